The van der Waals surface area contributed by atoms with Crippen molar-refractivity contribution in [2.75, 3.05) is 30.9 Å². The first-order valence-corrected chi connectivity index (χ1v) is 10.6. The van der Waals surface area contributed by atoms with Crippen LogP contribution in [0.25, 0.3) is 5.65 Å². The van der Waals surface area contributed by atoms with Crippen molar-refractivity contribution < 1.29 is 14.6 Å². The number of carbonyl (C=O) groups is 1. The number of hydrogen-bond donors (Lipinski definition) is 4. The van der Waals surface area contributed by atoms with E-state index in [4.69, 9.17) is 4.74 Å². The zero-order chi connectivity index (χ0) is 22.2. The normalized spacial score (nSPS) is 20.8. The Bertz CT molecular complexity index is 1220. The predicted octanol–water partition coefficient (Wildman–Crippen LogP) is 0.891. The van der Waals surface area contributed by atoms with E-state index in [0.717, 1.165) is 6.42 Å². The second kappa shape index (κ2) is 8.24. The van der Waals surface area contributed by atoms with Crippen LogP contribution in [0, 0.1) is 0 Å². The van der Waals surface area contributed by atoms with E-state index >= 15 is 0 Å². The molecule has 2 aliphatic rings. The summed E-state index contributed by atoms with van der Waals surface area (Å²) in [6.07, 6.45) is 4.79. The Hall–Kier alpha value is -3.44. The monoisotopic (exact) mass is 439 g/mol. The predicted molar refractivity (Wildman–Crippen MR) is 117 cm³/mol. The zero-order valence-corrected chi connectivity index (χ0v) is 17.6. The van der Waals surface area contributed by atoms with Gasteiger partial charge in [-0.25, -0.2) is 4.98 Å². The lowest BCUT2D eigenvalue weighted by Crippen LogP contribution is -2.37. The first-order chi connectivity index (χ1) is 15.5. The third-order valence-electron chi connectivity index (χ3n) is 5.96. The number of ether oxygens (including phenoxy) is 1. The van der Waals surface area contributed by atoms with Crippen LogP contribution in [0.2, 0.25) is 0 Å². The van der Waals surface area contributed by atoms with Crippen LogP contribution in [0.1, 0.15) is 35.7 Å². The van der Waals surface area contributed by atoms with E-state index in [0.29, 0.717) is 54.6 Å². The number of hydrogen-bond acceptors (Lipinski definition) is 8. The number of nitrogens with one attached hydrogen (secondary N) is 3. The van der Waals surface area contributed by atoms with Gasteiger partial charge >= 0.3 is 0 Å². The Morgan fingerprint density at radius 2 is 2.16 bits per heavy atom. The van der Waals surface area contributed by atoms with Gasteiger partial charge in [-0.2, -0.15) is 9.61 Å². The van der Waals surface area contributed by atoms with Crippen LogP contribution >= 0.6 is 0 Å². The zero-order valence-electron chi connectivity index (χ0n) is 17.6. The second-order valence-electron chi connectivity index (χ2n) is 8.16. The highest BCUT2D eigenvalue weighted by Gasteiger charge is 2.26. The molecular weight excluding hydrogens is 414 g/mol. The summed E-state index contributed by atoms with van der Waals surface area (Å²) in [5.74, 6) is 0.724. The van der Waals surface area contributed by atoms with Gasteiger partial charge in [-0.05, 0) is 31.4 Å². The Labute approximate surface area is 183 Å². The van der Waals surface area contributed by atoms with Gasteiger partial charge in [0.25, 0.3) is 11.5 Å². The van der Waals surface area contributed by atoms with Crippen molar-refractivity contribution in [1.29, 1.82) is 0 Å². The van der Waals surface area contributed by atoms with Gasteiger partial charge in [0.1, 0.15) is 22.9 Å². The molecule has 5 rings (SSSR count). The molecule has 2 fully saturated rings. The highest BCUT2D eigenvalue weighted by atomic mass is 16.5. The van der Waals surface area contributed by atoms with Crippen molar-refractivity contribution in [3.05, 3.63) is 46.5 Å². The molecule has 0 aromatic carbocycles. The first kappa shape index (κ1) is 20.5. The lowest BCUT2D eigenvalue weighted by molar-refractivity contribution is -0.0247. The minimum atomic E-state index is -0.379. The first-order valence-electron chi connectivity index (χ1n) is 10.6. The maximum absolute atomic E-state index is 12.9. The minimum absolute atomic E-state index is 0.0341. The number of anilines is 3. The highest BCUT2D eigenvalue weighted by molar-refractivity contribution is 6.00. The molecule has 1 amide bonds. The minimum Gasteiger partial charge on any atom is -0.393 e. The van der Waals surface area contributed by atoms with Crippen LogP contribution in [-0.4, -0.2) is 62.6 Å². The molecule has 1 aliphatic carbocycles. The van der Waals surface area contributed by atoms with E-state index in [1.54, 1.807) is 40.5 Å². The molecule has 3 aromatic heterocycles. The smallest absolute Gasteiger partial charge is 0.274 e. The number of aliphatic hydroxyl groups is 1. The van der Waals surface area contributed by atoms with Gasteiger partial charge in [0.2, 0.25) is 0 Å². The van der Waals surface area contributed by atoms with Crippen LogP contribution in [-0.2, 0) is 4.74 Å². The van der Waals surface area contributed by atoms with Gasteiger partial charge in [-0.1, -0.05) is 0 Å². The van der Waals surface area contributed by atoms with Gasteiger partial charge in [0.05, 0.1) is 31.6 Å². The summed E-state index contributed by atoms with van der Waals surface area (Å²) < 4.78 is 8.39. The molecular formula is C21H25N7O4. The Balaban J connectivity index is 1.46. The van der Waals surface area contributed by atoms with E-state index in [-0.39, 0.29) is 29.7 Å². The van der Waals surface area contributed by atoms with E-state index in [2.05, 4.69) is 26.0 Å². The average molecular weight is 439 g/mol. The summed E-state index contributed by atoms with van der Waals surface area (Å²) in [6.45, 7) is 1.04. The molecule has 4 N–H and O–H groups in total. The van der Waals surface area contributed by atoms with E-state index in [1.165, 1.54) is 6.20 Å². The standard InChI is InChI=1S/C21H25N7O4/c1-22-18-8-17(25-16-3-2-6-27(21(16)31)13-10-32-11-13)26-19-15(9-23-28(18)19)20(30)24-12-4-5-14(29)7-12/h2-3,6,8-9,12-14,22,29H,4-5,7,10-11H2,1H3,(H,24,30)(H,25,26)/t12-,14-/m0/s1. The lowest BCUT2D eigenvalue weighted by atomic mass is 10.2. The molecule has 1 aliphatic heterocycles. The molecule has 11 heteroatoms. The van der Waals surface area contributed by atoms with Crippen molar-refractivity contribution in [1.82, 2.24) is 24.5 Å². The Kier molecular flexibility index (Phi) is 5.27. The van der Waals surface area contributed by atoms with Crippen molar-refractivity contribution in [3.63, 3.8) is 0 Å². The molecule has 4 heterocycles. The van der Waals surface area contributed by atoms with Gasteiger partial charge < -0.3 is 30.4 Å². The fourth-order valence-corrected chi connectivity index (χ4v) is 4.13. The summed E-state index contributed by atoms with van der Waals surface area (Å²) >= 11 is 0. The van der Waals surface area contributed by atoms with Crippen LogP contribution in [0.3, 0.4) is 0 Å². The third kappa shape index (κ3) is 3.69. The number of aromatic nitrogens is 4. The molecule has 0 unspecified atom stereocenters. The number of fused-ring (bicyclic) bond motifs is 1. The van der Waals surface area contributed by atoms with Gasteiger partial charge in [0.15, 0.2) is 5.65 Å². The molecule has 32 heavy (non-hydrogen) atoms. The quantitative estimate of drug-likeness (QED) is 0.445. The van der Waals surface area contributed by atoms with Crippen LogP contribution in [0.5, 0.6) is 0 Å². The van der Waals surface area contributed by atoms with E-state index in [9.17, 15) is 14.7 Å². The second-order valence-corrected chi connectivity index (χ2v) is 8.16. The van der Waals surface area contributed by atoms with Crippen molar-refractivity contribution in [3.8, 4) is 0 Å². The van der Waals surface area contributed by atoms with Gasteiger partial charge in [0, 0.05) is 25.4 Å². The summed E-state index contributed by atoms with van der Waals surface area (Å²) in [5, 5.41) is 23.1. The molecule has 1 saturated heterocycles. The number of rotatable bonds is 6. The van der Waals surface area contributed by atoms with Crippen LogP contribution in [0.4, 0.5) is 17.3 Å². The van der Waals surface area contributed by atoms with Crippen LogP contribution < -0.4 is 21.5 Å². The molecule has 0 bridgehead atoms. The van der Waals surface area contributed by atoms with Crippen molar-refractivity contribution >= 4 is 28.9 Å². The summed E-state index contributed by atoms with van der Waals surface area (Å²) in [4.78, 5) is 30.3. The fraction of sp³-hybridized carbons (Fsp3) is 0.429. The van der Waals surface area contributed by atoms with Crippen LogP contribution in [0.15, 0.2) is 35.4 Å². The van der Waals surface area contributed by atoms with E-state index in [1.807, 2.05) is 0 Å². The third-order valence-corrected chi connectivity index (χ3v) is 5.96. The Morgan fingerprint density at radius 3 is 2.84 bits per heavy atom. The lowest BCUT2D eigenvalue weighted by Gasteiger charge is -2.28. The number of nitrogens with zero attached hydrogens (tertiary/aromatic N) is 4. The number of carbonyl (C=O) groups excluding carboxylic acids is 1. The molecule has 2 atom stereocenters. The summed E-state index contributed by atoms with van der Waals surface area (Å²) in [6, 6.07) is 5.17. The topological polar surface area (TPSA) is 135 Å². The highest BCUT2D eigenvalue weighted by Crippen LogP contribution is 2.23. The SMILES string of the molecule is CNc1cc(Nc2cccn(C3COC3)c2=O)nc2c(C(=O)N[C@H]3CC[C@H](O)C3)cnn12. The van der Waals surface area contributed by atoms with Gasteiger partial charge in [-0.3, -0.25) is 9.59 Å². The number of amides is 1. The maximum atomic E-state index is 12.9. The molecule has 3 aromatic rings. The number of aliphatic hydroxyl groups excluding tert-OH is 1. The maximum Gasteiger partial charge on any atom is 0.274 e. The molecule has 0 spiro atoms. The molecule has 11 nitrogen and oxygen atoms in total. The van der Waals surface area contributed by atoms with Gasteiger partial charge in [-0.15, -0.1) is 0 Å². The van der Waals surface area contributed by atoms with Crippen molar-refractivity contribution in [2.24, 2.45) is 0 Å². The van der Waals surface area contributed by atoms with E-state index < -0.39 is 0 Å². The molecule has 168 valence electrons. The summed E-state index contributed by atoms with van der Waals surface area (Å²) in [5.41, 5.74) is 0.895. The fourth-order valence-electron chi connectivity index (χ4n) is 4.13. The largest absolute Gasteiger partial charge is 0.393 e. The Morgan fingerprint density at radius 1 is 1.31 bits per heavy atom. The van der Waals surface area contributed by atoms with Crippen molar-refractivity contribution in [2.45, 2.75) is 37.5 Å². The number of pyridine rings is 1. The summed E-state index contributed by atoms with van der Waals surface area (Å²) in [7, 11) is 1.74. The average Bonchev–Trinajstić information content (AvgIpc) is 3.35. The molecule has 1 saturated carbocycles. The molecule has 0 radical (unpaired) electrons.